The second-order valence-electron chi connectivity index (χ2n) is 2.23. The first-order chi connectivity index (χ1) is 3.13. The minimum Gasteiger partial charge on any atom is -0.156 e. The van der Waals surface area contributed by atoms with Gasteiger partial charge >= 0.3 is 0 Å². The Bertz CT molecular complexity index is 37.8. The van der Waals surface area contributed by atoms with E-state index in [0.29, 0.717) is 0 Å². The van der Waals surface area contributed by atoms with Crippen molar-refractivity contribution in [3.8, 4) is 0 Å². The van der Waals surface area contributed by atoms with Crippen LogP contribution in [0.1, 0.15) is 27.7 Å². The van der Waals surface area contributed by atoms with Crippen LogP contribution >= 0.6 is 35.7 Å². The molecule has 0 aliphatic heterocycles. The zero-order chi connectivity index (χ0) is 5.86. The molecule has 0 amide bonds. The molecule has 0 saturated heterocycles. The van der Waals surface area contributed by atoms with Gasteiger partial charge in [0.1, 0.15) is 0 Å². The predicted molar refractivity (Wildman–Crippen MR) is 53.3 cm³/mol. The highest BCUT2D eigenvalue weighted by molar-refractivity contribution is 14.0. The molecule has 0 atom stereocenters. The quantitative estimate of drug-likeness (QED) is 0.674. The highest BCUT2D eigenvalue weighted by Crippen LogP contribution is 2.14. The lowest BCUT2D eigenvalue weighted by Gasteiger charge is -2.05. The summed E-state index contributed by atoms with van der Waals surface area (Å²) in [4.78, 5) is 0. The van der Waals surface area contributed by atoms with Gasteiger partial charge < -0.3 is 0 Å². The molecule has 0 saturated carbocycles. The Hall–Kier alpha value is 1.08. The van der Waals surface area contributed by atoms with Crippen molar-refractivity contribution >= 4 is 35.7 Å². The summed E-state index contributed by atoms with van der Waals surface area (Å²) in [6.07, 6.45) is 0. The van der Waals surface area contributed by atoms with Gasteiger partial charge in [-0.2, -0.15) is 11.8 Å². The maximum Gasteiger partial charge on any atom is -0.000711 e. The second-order valence-corrected chi connectivity index (χ2v) is 4.39. The second kappa shape index (κ2) is 6.20. The van der Waals surface area contributed by atoms with Crippen LogP contribution in [0.15, 0.2) is 0 Å². The Morgan fingerprint density at radius 1 is 0.875 bits per heavy atom. The molecule has 0 spiro atoms. The number of thioether (sulfide) groups is 1. The van der Waals surface area contributed by atoms with E-state index >= 15 is 0 Å². The van der Waals surface area contributed by atoms with Crippen LogP contribution in [0.3, 0.4) is 0 Å². The minimum absolute atomic E-state index is 0. The van der Waals surface area contributed by atoms with Gasteiger partial charge in [0.2, 0.25) is 0 Å². The van der Waals surface area contributed by atoms with Crippen molar-refractivity contribution in [3.05, 3.63) is 0 Å². The van der Waals surface area contributed by atoms with Crippen LogP contribution in [-0.2, 0) is 0 Å². The molecule has 0 aromatic carbocycles. The summed E-state index contributed by atoms with van der Waals surface area (Å²) in [6, 6.07) is 0. The average Bonchev–Trinajstić information content (AvgIpc) is 1.27. The maximum absolute atomic E-state index is 2.23. The van der Waals surface area contributed by atoms with Gasteiger partial charge in [-0.25, -0.2) is 0 Å². The topological polar surface area (TPSA) is 0 Å². The van der Waals surface area contributed by atoms with Gasteiger partial charge in [-0.05, 0) is 10.5 Å². The average molecular weight is 246 g/mol. The van der Waals surface area contributed by atoms with Crippen LogP contribution < -0.4 is 0 Å². The third-order valence-electron chi connectivity index (χ3n) is 0.544. The zero-order valence-electron chi connectivity index (χ0n) is 5.97. The van der Waals surface area contributed by atoms with Crippen molar-refractivity contribution in [3.63, 3.8) is 0 Å². The minimum atomic E-state index is 0. The summed E-state index contributed by atoms with van der Waals surface area (Å²) in [6.45, 7) is 8.91. The Labute approximate surface area is 73.8 Å². The summed E-state index contributed by atoms with van der Waals surface area (Å²) < 4.78 is 0. The molecule has 2 heteroatoms. The van der Waals surface area contributed by atoms with Crippen molar-refractivity contribution in [2.45, 2.75) is 38.2 Å². The molecule has 0 N–H and O–H groups in total. The van der Waals surface area contributed by atoms with Crippen molar-refractivity contribution < 1.29 is 0 Å². The van der Waals surface area contributed by atoms with E-state index in [2.05, 4.69) is 27.7 Å². The molecule has 0 heterocycles. The Balaban J connectivity index is 0. The first-order valence-corrected chi connectivity index (χ1v) is 3.72. The molecule has 0 nitrogen and oxygen atoms in total. The summed E-state index contributed by atoms with van der Waals surface area (Å²) in [5, 5.41) is 1.58. The molecule has 0 aromatic rings. The Kier molecular flexibility index (Phi) is 9.17. The van der Waals surface area contributed by atoms with Crippen molar-refractivity contribution in [1.29, 1.82) is 0 Å². The molecule has 0 aliphatic rings. The van der Waals surface area contributed by atoms with Gasteiger partial charge in [0.15, 0.2) is 0 Å². The predicted octanol–water partition coefficient (Wildman–Crippen LogP) is 3.15. The van der Waals surface area contributed by atoms with E-state index < -0.39 is 0 Å². The number of rotatable bonds is 2. The van der Waals surface area contributed by atoms with Crippen molar-refractivity contribution in [2.75, 3.05) is 0 Å². The Morgan fingerprint density at radius 2 is 1.12 bits per heavy atom. The Morgan fingerprint density at radius 3 is 1.12 bits per heavy atom. The first-order valence-electron chi connectivity index (χ1n) is 2.78. The van der Waals surface area contributed by atoms with Gasteiger partial charge in [0.05, 0.1) is 0 Å². The first kappa shape index (κ1) is 11.8. The van der Waals surface area contributed by atoms with Gasteiger partial charge in [-0.3, -0.25) is 0 Å². The van der Waals surface area contributed by atoms with E-state index in [1.165, 1.54) is 0 Å². The molecule has 8 heavy (non-hydrogen) atoms. The number of hydrogen-bond acceptors (Lipinski definition) is 1. The molecule has 0 bridgehead atoms. The highest BCUT2D eigenvalue weighted by atomic mass is 127. The molecule has 0 aliphatic carbocycles. The van der Waals surface area contributed by atoms with E-state index in [1.54, 1.807) is 0 Å². The third-order valence-corrected chi connectivity index (χ3v) is 1.63. The highest BCUT2D eigenvalue weighted by Gasteiger charge is 1.95. The van der Waals surface area contributed by atoms with E-state index in [-0.39, 0.29) is 24.0 Å². The van der Waals surface area contributed by atoms with Crippen LogP contribution in [-0.4, -0.2) is 10.5 Å². The van der Waals surface area contributed by atoms with Crippen LogP contribution in [0.2, 0.25) is 0 Å². The largest absolute Gasteiger partial charge is 0.156 e. The van der Waals surface area contributed by atoms with E-state index in [0.717, 1.165) is 10.5 Å². The number of halogens is 1. The van der Waals surface area contributed by atoms with Crippen LogP contribution in [0, 0.1) is 0 Å². The molecule has 0 radical (unpaired) electrons. The van der Waals surface area contributed by atoms with E-state index in [4.69, 9.17) is 0 Å². The van der Waals surface area contributed by atoms with Gasteiger partial charge in [0, 0.05) is 0 Å². The van der Waals surface area contributed by atoms with E-state index in [9.17, 15) is 0 Å². The smallest absolute Gasteiger partial charge is 0.000711 e. The monoisotopic (exact) mass is 246 g/mol. The summed E-state index contributed by atoms with van der Waals surface area (Å²) >= 11 is 2.01. The third kappa shape index (κ3) is 10.1. The SMILES string of the molecule is CC(C)SC(C)C.I. The molecule has 0 rings (SSSR count). The van der Waals surface area contributed by atoms with Gasteiger partial charge in [-0.1, -0.05) is 27.7 Å². The fourth-order valence-corrected chi connectivity index (χ4v) is 1.63. The molecule has 0 fully saturated rings. The van der Waals surface area contributed by atoms with Crippen molar-refractivity contribution in [2.24, 2.45) is 0 Å². The van der Waals surface area contributed by atoms with E-state index in [1.807, 2.05) is 11.8 Å². The molecule has 0 unspecified atom stereocenters. The maximum atomic E-state index is 2.23. The summed E-state index contributed by atoms with van der Waals surface area (Å²) in [7, 11) is 0. The van der Waals surface area contributed by atoms with Crippen LogP contribution in [0.5, 0.6) is 0 Å². The van der Waals surface area contributed by atoms with Crippen LogP contribution in [0.4, 0.5) is 0 Å². The lowest BCUT2D eigenvalue weighted by atomic mass is 10.6. The lowest BCUT2D eigenvalue weighted by Crippen LogP contribution is -1.94. The zero-order valence-corrected chi connectivity index (χ0v) is 9.12. The van der Waals surface area contributed by atoms with Crippen LogP contribution in [0.25, 0.3) is 0 Å². The fraction of sp³-hybridized carbons (Fsp3) is 1.00. The van der Waals surface area contributed by atoms with Gasteiger partial charge in [-0.15, -0.1) is 24.0 Å². The van der Waals surface area contributed by atoms with Crippen molar-refractivity contribution in [1.82, 2.24) is 0 Å². The standard InChI is InChI=1S/C6H14S.HI/c1-5(2)7-6(3)4;/h5-6H,1-4H3;1H. The fourth-order valence-electron chi connectivity index (χ4n) is 0.544. The molecule has 0 aromatic heterocycles. The number of hydrogen-bond donors (Lipinski definition) is 0. The normalized spacial score (nSPS) is 9.75. The van der Waals surface area contributed by atoms with Gasteiger partial charge in [0.25, 0.3) is 0 Å². The molecular weight excluding hydrogens is 231 g/mol. The molecular formula is C6H15IS. The summed E-state index contributed by atoms with van der Waals surface area (Å²) in [5.74, 6) is 0. The molecule has 52 valence electrons. The lowest BCUT2D eigenvalue weighted by molar-refractivity contribution is 1.05. The summed E-state index contributed by atoms with van der Waals surface area (Å²) in [5.41, 5.74) is 0.